The summed E-state index contributed by atoms with van der Waals surface area (Å²) in [5.41, 5.74) is 7.15. The van der Waals surface area contributed by atoms with E-state index in [9.17, 15) is 9.59 Å². The van der Waals surface area contributed by atoms with Gasteiger partial charge in [-0.2, -0.15) is 5.10 Å². The lowest BCUT2D eigenvalue weighted by molar-refractivity contribution is 0.0921. The number of nitrogens with zero attached hydrogens (tertiary/aromatic N) is 2. The Labute approximate surface area is 138 Å². The molecule has 2 aromatic heterocycles. The van der Waals surface area contributed by atoms with Crippen LogP contribution in [0.4, 0.5) is 0 Å². The van der Waals surface area contributed by atoms with E-state index in [4.69, 9.17) is 10.3 Å². The van der Waals surface area contributed by atoms with Gasteiger partial charge in [0.1, 0.15) is 5.76 Å². The molecule has 1 aliphatic rings. The molecule has 2 aromatic rings. The average molecular weight is 327 g/mol. The number of hydrazone groups is 1. The Morgan fingerprint density at radius 3 is 2.88 bits per heavy atom. The second-order valence-corrected chi connectivity index (χ2v) is 5.42. The minimum absolute atomic E-state index is 0.177. The second kappa shape index (κ2) is 6.63. The number of hydrogen-bond acceptors (Lipinski definition) is 6. The number of nitrogen functional groups attached to an aromatic ring is 1. The Balaban J connectivity index is 1.88. The highest BCUT2D eigenvalue weighted by Gasteiger charge is 2.27. The smallest absolute Gasteiger partial charge is 0.301 e. The van der Waals surface area contributed by atoms with Crippen molar-refractivity contribution in [2.45, 2.75) is 26.2 Å². The molecule has 0 saturated carbocycles. The van der Waals surface area contributed by atoms with E-state index in [1.54, 1.807) is 25.3 Å². The summed E-state index contributed by atoms with van der Waals surface area (Å²) in [5, 5.41) is 4.23. The Kier molecular flexibility index (Phi) is 4.39. The molecule has 4 N–H and O–H groups in total. The number of aromatic nitrogens is 1. The predicted molar refractivity (Wildman–Crippen MR) is 86.3 cm³/mol. The van der Waals surface area contributed by atoms with E-state index in [1.807, 2.05) is 0 Å². The number of aryl methyl sites for hydroxylation is 1. The van der Waals surface area contributed by atoms with Gasteiger partial charge in [-0.1, -0.05) is 0 Å². The molecule has 8 heteroatoms. The van der Waals surface area contributed by atoms with Crippen LogP contribution in [0.5, 0.6) is 0 Å². The Morgan fingerprint density at radius 1 is 1.33 bits per heavy atom. The lowest BCUT2D eigenvalue weighted by Gasteiger charge is -2.13. The van der Waals surface area contributed by atoms with E-state index in [2.05, 4.69) is 20.9 Å². The number of pyridine rings is 1. The molecule has 0 unspecified atom stereocenters. The summed E-state index contributed by atoms with van der Waals surface area (Å²) < 4.78 is 5.62. The monoisotopic (exact) mass is 327 g/mol. The van der Waals surface area contributed by atoms with Crippen LogP contribution in [0, 0.1) is 6.92 Å². The van der Waals surface area contributed by atoms with Crippen LogP contribution in [0.1, 0.15) is 50.6 Å². The van der Waals surface area contributed by atoms with Crippen LogP contribution < -0.4 is 16.7 Å². The number of fused-ring (bicyclic) bond motifs is 1. The first-order chi connectivity index (χ1) is 11.6. The van der Waals surface area contributed by atoms with E-state index in [0.717, 1.165) is 12.0 Å². The predicted octanol–water partition coefficient (Wildman–Crippen LogP) is 1.06. The molecular weight excluding hydrogens is 310 g/mol. The van der Waals surface area contributed by atoms with Crippen molar-refractivity contribution in [2.24, 2.45) is 10.9 Å². The van der Waals surface area contributed by atoms with Crippen molar-refractivity contribution in [3.8, 4) is 0 Å². The molecule has 2 heterocycles. The molecule has 0 saturated heterocycles. The Hall–Kier alpha value is -3.00. The normalized spacial score (nSPS) is 15.0. The van der Waals surface area contributed by atoms with Crippen molar-refractivity contribution < 1.29 is 14.0 Å². The highest BCUT2D eigenvalue weighted by atomic mass is 16.4. The van der Waals surface area contributed by atoms with Gasteiger partial charge in [0, 0.05) is 29.9 Å². The Bertz CT molecular complexity index is 811. The van der Waals surface area contributed by atoms with Gasteiger partial charge in [-0.05, 0) is 31.9 Å². The molecule has 0 aromatic carbocycles. The first-order valence-corrected chi connectivity index (χ1v) is 7.52. The summed E-state index contributed by atoms with van der Waals surface area (Å²) in [4.78, 5) is 27.7. The van der Waals surface area contributed by atoms with Gasteiger partial charge in [0.2, 0.25) is 0 Å². The molecular formula is C16H17N5O3. The van der Waals surface area contributed by atoms with Crippen LogP contribution in [0.3, 0.4) is 0 Å². The molecule has 24 heavy (non-hydrogen) atoms. The van der Waals surface area contributed by atoms with Gasteiger partial charge >= 0.3 is 5.91 Å². The number of hydrazine groups is 1. The van der Waals surface area contributed by atoms with Crippen LogP contribution >= 0.6 is 0 Å². The lowest BCUT2D eigenvalue weighted by atomic mass is 9.93. The lowest BCUT2D eigenvalue weighted by Crippen LogP contribution is -2.30. The zero-order valence-electron chi connectivity index (χ0n) is 13.1. The quantitative estimate of drug-likeness (QED) is 0.442. The average Bonchev–Trinajstić information content (AvgIpc) is 2.97. The van der Waals surface area contributed by atoms with Gasteiger partial charge in [0.25, 0.3) is 5.91 Å². The molecule has 0 fully saturated rings. The minimum atomic E-state index is -0.486. The molecule has 8 nitrogen and oxygen atoms in total. The fraction of sp³-hybridized carbons (Fsp3) is 0.250. The maximum absolute atomic E-state index is 12.1. The number of carbonyl (C=O) groups excluding carboxylic acids is 2. The number of nitrogens with two attached hydrogens (primary N) is 1. The van der Waals surface area contributed by atoms with Gasteiger partial charge in [0.05, 0.1) is 11.3 Å². The van der Waals surface area contributed by atoms with Crippen molar-refractivity contribution in [3.63, 3.8) is 0 Å². The highest BCUT2D eigenvalue weighted by molar-refractivity contribution is 6.07. The first-order valence-electron chi connectivity index (χ1n) is 7.52. The summed E-state index contributed by atoms with van der Waals surface area (Å²) in [6.07, 6.45) is 5.28. The molecule has 0 spiro atoms. The zero-order valence-corrected chi connectivity index (χ0v) is 13.1. The van der Waals surface area contributed by atoms with Crippen LogP contribution in [0.2, 0.25) is 0 Å². The molecule has 124 valence electrons. The molecule has 0 radical (unpaired) electrons. The molecule has 3 rings (SSSR count). The summed E-state index contributed by atoms with van der Waals surface area (Å²) in [5.74, 6) is 5.21. The van der Waals surface area contributed by atoms with Crippen LogP contribution in [-0.2, 0) is 6.42 Å². The number of carbonyl (C=O) groups is 2. The summed E-state index contributed by atoms with van der Waals surface area (Å²) >= 11 is 0. The van der Waals surface area contributed by atoms with Gasteiger partial charge < -0.3 is 4.42 Å². The number of furan rings is 1. The molecule has 0 aliphatic heterocycles. The van der Waals surface area contributed by atoms with E-state index < -0.39 is 5.91 Å². The minimum Gasteiger partial charge on any atom is -0.455 e. The van der Waals surface area contributed by atoms with Crippen molar-refractivity contribution >= 4 is 17.5 Å². The number of hydrogen-bond donors (Lipinski definition) is 3. The third-order valence-corrected chi connectivity index (χ3v) is 3.88. The van der Waals surface area contributed by atoms with Crippen molar-refractivity contribution in [1.29, 1.82) is 0 Å². The fourth-order valence-electron chi connectivity index (χ4n) is 2.74. The van der Waals surface area contributed by atoms with Crippen LogP contribution in [-0.4, -0.2) is 22.5 Å². The Morgan fingerprint density at radius 2 is 2.17 bits per heavy atom. The first kappa shape index (κ1) is 15.9. The zero-order chi connectivity index (χ0) is 17.1. The fourth-order valence-corrected chi connectivity index (χ4v) is 2.74. The topological polar surface area (TPSA) is 123 Å². The van der Waals surface area contributed by atoms with Gasteiger partial charge in [-0.15, -0.1) is 0 Å². The SMILES string of the molecule is Cc1c(C(=O)NN)oc2c1/C(=N/NC(=O)c1cccnc1)CCC2. The van der Waals surface area contributed by atoms with Gasteiger partial charge in [0.15, 0.2) is 5.76 Å². The number of nitrogens with one attached hydrogen (secondary N) is 2. The van der Waals surface area contributed by atoms with E-state index in [1.165, 1.54) is 6.20 Å². The molecule has 1 aliphatic carbocycles. The van der Waals surface area contributed by atoms with E-state index in [-0.39, 0.29) is 11.7 Å². The molecule has 2 amide bonds. The van der Waals surface area contributed by atoms with E-state index in [0.29, 0.717) is 35.4 Å². The summed E-state index contributed by atoms with van der Waals surface area (Å²) in [6, 6.07) is 3.33. The van der Waals surface area contributed by atoms with Gasteiger partial charge in [-0.25, -0.2) is 11.3 Å². The highest BCUT2D eigenvalue weighted by Crippen LogP contribution is 2.29. The van der Waals surface area contributed by atoms with Crippen LogP contribution in [0.25, 0.3) is 0 Å². The summed E-state index contributed by atoms with van der Waals surface area (Å²) in [6.45, 7) is 1.77. The second-order valence-electron chi connectivity index (χ2n) is 5.42. The van der Waals surface area contributed by atoms with Crippen molar-refractivity contribution in [2.75, 3.05) is 0 Å². The number of amides is 2. The summed E-state index contributed by atoms with van der Waals surface area (Å²) in [7, 11) is 0. The third kappa shape index (κ3) is 2.91. The van der Waals surface area contributed by atoms with Crippen LogP contribution in [0.15, 0.2) is 34.0 Å². The maximum Gasteiger partial charge on any atom is 0.301 e. The standard InChI is InChI=1S/C16H17N5O3/c1-9-13-11(20-21-15(22)10-4-3-7-18-8-10)5-2-6-12(13)24-14(9)16(23)19-17/h3-4,7-8H,2,5-6,17H2,1H3,(H,19,23)(H,21,22)/b20-11+. The molecule has 0 bridgehead atoms. The molecule has 0 atom stereocenters. The van der Waals surface area contributed by atoms with Crippen molar-refractivity contribution in [3.05, 3.63) is 52.7 Å². The third-order valence-electron chi connectivity index (χ3n) is 3.88. The van der Waals surface area contributed by atoms with E-state index >= 15 is 0 Å². The maximum atomic E-state index is 12.1. The van der Waals surface area contributed by atoms with Gasteiger partial charge in [-0.3, -0.25) is 20.0 Å². The largest absolute Gasteiger partial charge is 0.455 e. The number of rotatable bonds is 3. The van der Waals surface area contributed by atoms with Crippen molar-refractivity contribution in [1.82, 2.24) is 15.8 Å².